The third kappa shape index (κ3) is 2.71. The van der Waals surface area contributed by atoms with Crippen LogP contribution in [0.4, 0.5) is 21.5 Å². The maximum absolute atomic E-state index is 13.9. The minimum Gasteiger partial charge on any atom is -0.398 e. The monoisotopic (exact) mass is 273 g/mol. The summed E-state index contributed by atoms with van der Waals surface area (Å²) in [5, 5.41) is 2.92. The van der Waals surface area contributed by atoms with E-state index in [9.17, 15) is 9.18 Å². The van der Waals surface area contributed by atoms with E-state index in [1.807, 2.05) is 32.0 Å². The lowest BCUT2D eigenvalue weighted by molar-refractivity contribution is 0.100. The van der Waals surface area contributed by atoms with E-state index in [4.69, 9.17) is 11.5 Å². The van der Waals surface area contributed by atoms with Crippen LogP contribution in [0.2, 0.25) is 0 Å². The van der Waals surface area contributed by atoms with Gasteiger partial charge in [-0.1, -0.05) is 6.07 Å². The van der Waals surface area contributed by atoms with Crippen molar-refractivity contribution in [1.29, 1.82) is 0 Å². The van der Waals surface area contributed by atoms with E-state index in [1.165, 1.54) is 6.07 Å². The molecule has 0 radical (unpaired) electrons. The Morgan fingerprint density at radius 3 is 2.45 bits per heavy atom. The predicted octanol–water partition coefficient (Wildman–Crippen LogP) is 2.87. The summed E-state index contributed by atoms with van der Waals surface area (Å²) < 4.78 is 13.9. The lowest BCUT2D eigenvalue weighted by Gasteiger charge is -2.12. The molecular formula is C15H16FN3O. The van der Waals surface area contributed by atoms with Crippen LogP contribution in [0.25, 0.3) is 0 Å². The summed E-state index contributed by atoms with van der Waals surface area (Å²) in [6.45, 7) is 3.96. The van der Waals surface area contributed by atoms with E-state index < -0.39 is 11.7 Å². The van der Waals surface area contributed by atoms with Gasteiger partial charge in [0.2, 0.25) is 0 Å². The van der Waals surface area contributed by atoms with E-state index in [-0.39, 0.29) is 16.9 Å². The molecule has 5 N–H and O–H groups in total. The van der Waals surface area contributed by atoms with Crippen LogP contribution >= 0.6 is 0 Å². The molecule has 104 valence electrons. The molecule has 0 saturated carbocycles. The average Bonchev–Trinajstić information content (AvgIpc) is 2.36. The molecule has 4 nitrogen and oxygen atoms in total. The highest BCUT2D eigenvalue weighted by Crippen LogP contribution is 2.26. The second-order valence-electron chi connectivity index (χ2n) is 4.71. The Kier molecular flexibility index (Phi) is 3.61. The SMILES string of the molecule is Cc1ccc(Nc2cc(C(N)=O)c(N)cc2F)cc1C. The molecule has 0 saturated heterocycles. The smallest absolute Gasteiger partial charge is 0.250 e. The molecule has 5 heteroatoms. The fraction of sp³-hybridized carbons (Fsp3) is 0.133. The maximum Gasteiger partial charge on any atom is 0.250 e. The third-order valence-corrected chi connectivity index (χ3v) is 3.19. The van der Waals surface area contributed by atoms with Gasteiger partial charge < -0.3 is 16.8 Å². The molecule has 2 aromatic carbocycles. The molecule has 0 aliphatic rings. The van der Waals surface area contributed by atoms with Crippen LogP contribution in [0, 0.1) is 19.7 Å². The van der Waals surface area contributed by atoms with Crippen molar-refractivity contribution in [3.05, 3.63) is 52.8 Å². The minimum absolute atomic E-state index is 0.0284. The second kappa shape index (κ2) is 5.21. The molecule has 0 unspecified atom stereocenters. The molecule has 0 spiro atoms. The van der Waals surface area contributed by atoms with Crippen molar-refractivity contribution in [3.8, 4) is 0 Å². The van der Waals surface area contributed by atoms with E-state index in [1.54, 1.807) is 0 Å². The summed E-state index contributed by atoms with van der Waals surface area (Å²) in [5.41, 5.74) is 14.0. The summed E-state index contributed by atoms with van der Waals surface area (Å²) in [6, 6.07) is 8.07. The summed E-state index contributed by atoms with van der Waals surface area (Å²) in [5.74, 6) is -1.23. The molecule has 0 fully saturated rings. The predicted molar refractivity (Wildman–Crippen MR) is 78.5 cm³/mol. The van der Waals surface area contributed by atoms with Crippen molar-refractivity contribution >= 4 is 23.0 Å². The largest absolute Gasteiger partial charge is 0.398 e. The zero-order valence-electron chi connectivity index (χ0n) is 11.3. The van der Waals surface area contributed by atoms with Gasteiger partial charge in [0, 0.05) is 11.4 Å². The lowest BCUT2D eigenvalue weighted by atomic mass is 10.1. The topological polar surface area (TPSA) is 81.1 Å². The zero-order valence-corrected chi connectivity index (χ0v) is 11.3. The number of hydrogen-bond acceptors (Lipinski definition) is 3. The van der Waals surface area contributed by atoms with E-state index >= 15 is 0 Å². The minimum atomic E-state index is -0.689. The highest BCUT2D eigenvalue weighted by molar-refractivity contribution is 5.99. The van der Waals surface area contributed by atoms with Crippen LogP contribution in [-0.4, -0.2) is 5.91 Å². The molecule has 0 atom stereocenters. The number of rotatable bonds is 3. The number of primary amides is 1. The highest BCUT2D eigenvalue weighted by Gasteiger charge is 2.12. The molecule has 1 amide bonds. The maximum atomic E-state index is 13.9. The quantitative estimate of drug-likeness (QED) is 0.752. The first-order valence-corrected chi connectivity index (χ1v) is 6.11. The normalized spacial score (nSPS) is 10.3. The number of nitrogen functional groups attached to an aromatic ring is 1. The number of carbonyl (C=O) groups excluding carboxylic acids is 1. The van der Waals surface area contributed by atoms with Gasteiger partial charge in [0.05, 0.1) is 11.3 Å². The summed E-state index contributed by atoms with van der Waals surface area (Å²) in [7, 11) is 0. The Hall–Kier alpha value is -2.56. The van der Waals surface area contributed by atoms with Crippen LogP contribution < -0.4 is 16.8 Å². The number of carbonyl (C=O) groups is 1. The summed E-state index contributed by atoms with van der Waals surface area (Å²) >= 11 is 0. The van der Waals surface area contributed by atoms with Gasteiger partial charge in [-0.2, -0.15) is 0 Å². The van der Waals surface area contributed by atoms with Crippen LogP contribution in [0.1, 0.15) is 21.5 Å². The van der Waals surface area contributed by atoms with Gasteiger partial charge in [-0.15, -0.1) is 0 Å². The summed E-state index contributed by atoms with van der Waals surface area (Å²) in [4.78, 5) is 11.2. The van der Waals surface area contributed by atoms with Gasteiger partial charge in [-0.05, 0) is 49.2 Å². The highest BCUT2D eigenvalue weighted by atomic mass is 19.1. The Bertz CT molecular complexity index is 683. The molecule has 20 heavy (non-hydrogen) atoms. The number of aryl methyl sites for hydroxylation is 2. The Morgan fingerprint density at radius 1 is 1.15 bits per heavy atom. The molecule has 0 aromatic heterocycles. The average molecular weight is 273 g/mol. The van der Waals surface area contributed by atoms with Gasteiger partial charge in [0.15, 0.2) is 0 Å². The van der Waals surface area contributed by atoms with Crippen molar-refractivity contribution in [1.82, 2.24) is 0 Å². The number of nitrogens with two attached hydrogens (primary N) is 2. The van der Waals surface area contributed by atoms with Crippen LogP contribution in [0.5, 0.6) is 0 Å². The van der Waals surface area contributed by atoms with Crippen LogP contribution in [-0.2, 0) is 0 Å². The van der Waals surface area contributed by atoms with Crippen molar-refractivity contribution in [2.75, 3.05) is 11.1 Å². The van der Waals surface area contributed by atoms with Crippen molar-refractivity contribution < 1.29 is 9.18 Å². The first kappa shape index (κ1) is 13.9. The number of anilines is 3. The standard InChI is InChI=1S/C15H16FN3O/c1-8-3-4-10(5-9(8)2)19-14-6-11(15(18)20)13(17)7-12(14)16/h3-7,19H,17H2,1-2H3,(H2,18,20). The molecule has 2 rings (SSSR count). The Balaban J connectivity index is 2.40. The summed E-state index contributed by atoms with van der Waals surface area (Å²) in [6.07, 6.45) is 0. The van der Waals surface area contributed by atoms with Gasteiger partial charge in [0.1, 0.15) is 5.82 Å². The van der Waals surface area contributed by atoms with Gasteiger partial charge in [-0.3, -0.25) is 4.79 Å². The number of nitrogens with one attached hydrogen (secondary N) is 1. The number of hydrogen-bond donors (Lipinski definition) is 3. The first-order valence-electron chi connectivity index (χ1n) is 6.11. The van der Waals surface area contributed by atoms with E-state index in [0.29, 0.717) is 0 Å². The molecule has 0 heterocycles. The van der Waals surface area contributed by atoms with Crippen molar-refractivity contribution in [2.24, 2.45) is 5.73 Å². The third-order valence-electron chi connectivity index (χ3n) is 3.19. The van der Waals surface area contributed by atoms with Gasteiger partial charge in [-0.25, -0.2) is 4.39 Å². The lowest BCUT2D eigenvalue weighted by Crippen LogP contribution is -2.14. The van der Waals surface area contributed by atoms with Gasteiger partial charge >= 0.3 is 0 Å². The molecule has 0 bridgehead atoms. The van der Waals surface area contributed by atoms with E-state index in [2.05, 4.69) is 5.32 Å². The fourth-order valence-electron chi connectivity index (χ4n) is 1.87. The Labute approximate surface area is 116 Å². The zero-order chi connectivity index (χ0) is 14.9. The molecule has 0 aliphatic carbocycles. The van der Waals surface area contributed by atoms with Crippen molar-refractivity contribution in [3.63, 3.8) is 0 Å². The van der Waals surface area contributed by atoms with Crippen molar-refractivity contribution in [2.45, 2.75) is 13.8 Å². The first-order chi connectivity index (χ1) is 9.38. The number of benzene rings is 2. The molecule has 0 aliphatic heterocycles. The van der Waals surface area contributed by atoms with E-state index in [0.717, 1.165) is 22.9 Å². The number of halogens is 1. The van der Waals surface area contributed by atoms with Crippen LogP contribution in [0.3, 0.4) is 0 Å². The second-order valence-corrected chi connectivity index (χ2v) is 4.71. The molecule has 2 aromatic rings. The van der Waals surface area contributed by atoms with Crippen LogP contribution in [0.15, 0.2) is 30.3 Å². The Morgan fingerprint density at radius 2 is 1.85 bits per heavy atom. The number of amides is 1. The van der Waals surface area contributed by atoms with Gasteiger partial charge in [0.25, 0.3) is 5.91 Å². The fourth-order valence-corrected chi connectivity index (χ4v) is 1.87. The molecular weight excluding hydrogens is 257 g/mol.